The number of hydrogen-bond acceptors (Lipinski definition) is 4. The van der Waals surface area contributed by atoms with Crippen molar-refractivity contribution in [2.24, 2.45) is 0 Å². The lowest BCUT2D eigenvalue weighted by Crippen LogP contribution is -2.48. The molecule has 1 aliphatic heterocycles. The van der Waals surface area contributed by atoms with Gasteiger partial charge in [-0.1, -0.05) is 27.2 Å². The van der Waals surface area contributed by atoms with Gasteiger partial charge in [-0.15, -0.1) is 0 Å². The lowest BCUT2D eigenvalue weighted by atomic mass is 9.93. The summed E-state index contributed by atoms with van der Waals surface area (Å²) in [6.45, 7) is 9.64. The Balaban J connectivity index is 2.16. The molecule has 1 saturated heterocycles. The quantitative estimate of drug-likeness (QED) is 0.665. The third-order valence-corrected chi connectivity index (χ3v) is 8.06. The van der Waals surface area contributed by atoms with E-state index in [-0.39, 0.29) is 0 Å². The summed E-state index contributed by atoms with van der Waals surface area (Å²) >= 11 is 0. The summed E-state index contributed by atoms with van der Waals surface area (Å²) in [4.78, 5) is 2.76. The largest absolute Gasteiger partial charge is 0.494 e. The zero-order valence-electron chi connectivity index (χ0n) is 15.3. The van der Waals surface area contributed by atoms with E-state index in [1.165, 1.54) is 0 Å². The number of hydrogen-bond donors (Lipinski definition) is 0. The first-order valence-electron chi connectivity index (χ1n) is 9.19. The molecule has 0 N–H and O–H groups in total. The van der Waals surface area contributed by atoms with E-state index < -0.39 is 14.6 Å². The van der Waals surface area contributed by atoms with E-state index in [0.29, 0.717) is 30.8 Å². The van der Waals surface area contributed by atoms with Crippen molar-refractivity contribution in [3.8, 4) is 5.75 Å². The molecular formula is C19H31NO3S. The molecule has 0 aromatic heterocycles. The number of unbranched alkanes of at least 4 members (excludes halogenated alkanes) is 1. The third kappa shape index (κ3) is 3.94. The number of rotatable bonds is 8. The highest BCUT2D eigenvalue weighted by Gasteiger charge is 2.45. The lowest BCUT2D eigenvalue weighted by Gasteiger charge is -2.40. The van der Waals surface area contributed by atoms with E-state index in [9.17, 15) is 8.42 Å². The number of likely N-dealkylation sites (tertiary alicyclic amines) is 1. The number of ether oxygens (including phenoxy) is 1. The van der Waals surface area contributed by atoms with Gasteiger partial charge in [0, 0.05) is 0 Å². The van der Waals surface area contributed by atoms with Gasteiger partial charge >= 0.3 is 0 Å². The summed E-state index contributed by atoms with van der Waals surface area (Å²) < 4.78 is 31.5. The van der Waals surface area contributed by atoms with Crippen LogP contribution >= 0.6 is 0 Å². The summed E-state index contributed by atoms with van der Waals surface area (Å²) in [5.74, 6) is 0.744. The van der Waals surface area contributed by atoms with Crippen molar-refractivity contribution in [3.05, 3.63) is 24.3 Å². The van der Waals surface area contributed by atoms with E-state index in [4.69, 9.17) is 4.74 Å². The average molecular weight is 354 g/mol. The molecule has 1 fully saturated rings. The third-order valence-electron chi connectivity index (χ3n) is 5.33. The fraction of sp³-hybridized carbons (Fsp3) is 0.684. The first-order chi connectivity index (χ1) is 11.5. The maximum Gasteiger partial charge on any atom is 0.184 e. The molecule has 1 heterocycles. The first-order valence-corrected chi connectivity index (χ1v) is 10.7. The molecule has 1 aliphatic rings. The summed E-state index contributed by atoms with van der Waals surface area (Å²) in [5, 5.41) is 0. The minimum Gasteiger partial charge on any atom is -0.494 e. The van der Waals surface area contributed by atoms with Crippen LogP contribution in [0.25, 0.3) is 0 Å². The fourth-order valence-corrected chi connectivity index (χ4v) is 5.48. The second-order valence-corrected chi connectivity index (χ2v) is 8.99. The number of sulfone groups is 1. The van der Waals surface area contributed by atoms with Gasteiger partial charge in [0.2, 0.25) is 0 Å². The summed E-state index contributed by atoms with van der Waals surface area (Å²) in [5.41, 5.74) is 0. The van der Waals surface area contributed by atoms with Crippen molar-refractivity contribution < 1.29 is 13.2 Å². The molecule has 0 radical (unpaired) electrons. The molecule has 0 unspecified atom stereocenters. The molecule has 2 rings (SSSR count). The van der Waals surface area contributed by atoms with Crippen molar-refractivity contribution in [2.75, 3.05) is 26.2 Å². The van der Waals surface area contributed by atoms with Crippen molar-refractivity contribution in [3.63, 3.8) is 0 Å². The van der Waals surface area contributed by atoms with E-state index >= 15 is 0 Å². The second kappa shape index (κ2) is 8.34. The first kappa shape index (κ1) is 19.3. The maximum absolute atomic E-state index is 13.2. The topological polar surface area (TPSA) is 46.6 Å². The van der Waals surface area contributed by atoms with Gasteiger partial charge in [0.15, 0.2) is 9.84 Å². The molecule has 0 bridgehead atoms. The van der Waals surface area contributed by atoms with Gasteiger partial charge in [-0.2, -0.15) is 0 Å². The van der Waals surface area contributed by atoms with Crippen molar-refractivity contribution >= 4 is 9.84 Å². The van der Waals surface area contributed by atoms with Gasteiger partial charge in [-0.05, 0) is 69.6 Å². The van der Waals surface area contributed by atoms with Crippen molar-refractivity contribution in [1.82, 2.24) is 4.90 Å². The molecule has 5 heteroatoms. The second-order valence-electron chi connectivity index (χ2n) is 6.65. The lowest BCUT2D eigenvalue weighted by molar-refractivity contribution is 0.201. The van der Waals surface area contributed by atoms with Crippen LogP contribution in [0, 0.1) is 0 Å². The normalized spacial score (nSPS) is 18.5. The smallest absolute Gasteiger partial charge is 0.184 e. The van der Waals surface area contributed by atoms with E-state index in [2.05, 4.69) is 18.7 Å². The van der Waals surface area contributed by atoms with Crippen LogP contribution < -0.4 is 4.74 Å². The van der Waals surface area contributed by atoms with Gasteiger partial charge < -0.3 is 9.64 Å². The molecule has 0 amide bonds. The number of piperidine rings is 1. The Kier molecular flexibility index (Phi) is 6.70. The molecule has 0 spiro atoms. The van der Waals surface area contributed by atoms with E-state index in [0.717, 1.165) is 38.2 Å². The van der Waals surface area contributed by atoms with Gasteiger partial charge in [-0.25, -0.2) is 8.42 Å². The SMILES string of the molecule is CCCCOc1ccc(S(=O)(=O)C2(CC)CCN(CC)CC2)cc1. The van der Waals surface area contributed by atoms with Crippen molar-refractivity contribution in [1.29, 1.82) is 0 Å². The molecule has 1 aromatic rings. The Morgan fingerprint density at radius 2 is 1.71 bits per heavy atom. The van der Waals surface area contributed by atoms with Crippen molar-refractivity contribution in [2.45, 2.75) is 62.5 Å². The molecule has 0 atom stereocenters. The van der Waals surface area contributed by atoms with Crippen LogP contribution in [-0.4, -0.2) is 44.3 Å². The van der Waals surface area contributed by atoms with Gasteiger partial charge in [0.05, 0.1) is 16.2 Å². The van der Waals surface area contributed by atoms with Gasteiger partial charge in [0.1, 0.15) is 5.75 Å². The fourth-order valence-electron chi connectivity index (χ4n) is 3.39. The van der Waals surface area contributed by atoms with Crippen LogP contribution in [0.3, 0.4) is 0 Å². The van der Waals surface area contributed by atoms with Crippen LogP contribution in [0.2, 0.25) is 0 Å². The Morgan fingerprint density at radius 1 is 1.08 bits per heavy atom. The minimum atomic E-state index is -3.33. The van der Waals surface area contributed by atoms with Gasteiger partial charge in [-0.3, -0.25) is 0 Å². The molecule has 4 nitrogen and oxygen atoms in total. The summed E-state index contributed by atoms with van der Waals surface area (Å²) in [7, 11) is -3.33. The van der Waals surface area contributed by atoms with Crippen LogP contribution in [0.1, 0.15) is 52.9 Å². The average Bonchev–Trinajstić information content (AvgIpc) is 2.62. The summed E-state index contributed by atoms with van der Waals surface area (Å²) in [6.07, 6.45) is 4.19. The zero-order chi connectivity index (χ0) is 17.6. The van der Waals surface area contributed by atoms with E-state index in [1.807, 2.05) is 6.92 Å². The molecule has 0 saturated carbocycles. The van der Waals surface area contributed by atoms with Crippen LogP contribution in [0.4, 0.5) is 0 Å². The molecule has 24 heavy (non-hydrogen) atoms. The standard InChI is InChI=1S/C19H31NO3S/c1-4-7-16-23-17-8-10-18(11-9-17)24(21,22)19(5-2)12-14-20(6-3)15-13-19/h8-11H,4-7,12-16H2,1-3H3. The Morgan fingerprint density at radius 3 is 2.21 bits per heavy atom. The van der Waals surface area contributed by atoms with Crippen LogP contribution in [0.15, 0.2) is 29.2 Å². The highest BCUT2D eigenvalue weighted by atomic mass is 32.2. The van der Waals surface area contributed by atoms with Crippen LogP contribution in [-0.2, 0) is 9.84 Å². The predicted molar refractivity (Wildman–Crippen MR) is 98.4 cm³/mol. The molecule has 0 aliphatic carbocycles. The Bertz CT molecular complexity index is 602. The Hall–Kier alpha value is -1.07. The molecule has 136 valence electrons. The highest BCUT2D eigenvalue weighted by Crippen LogP contribution is 2.38. The Labute approximate surface area is 147 Å². The summed E-state index contributed by atoms with van der Waals surface area (Å²) in [6, 6.07) is 6.99. The number of nitrogens with zero attached hydrogens (tertiary/aromatic N) is 1. The molecular weight excluding hydrogens is 322 g/mol. The monoisotopic (exact) mass is 353 g/mol. The minimum absolute atomic E-state index is 0.428. The maximum atomic E-state index is 13.2. The van der Waals surface area contributed by atoms with Gasteiger partial charge in [0.25, 0.3) is 0 Å². The predicted octanol–water partition coefficient (Wildman–Crippen LogP) is 3.90. The van der Waals surface area contributed by atoms with Crippen LogP contribution in [0.5, 0.6) is 5.75 Å². The van der Waals surface area contributed by atoms with E-state index in [1.54, 1.807) is 24.3 Å². The number of benzene rings is 1. The zero-order valence-corrected chi connectivity index (χ0v) is 16.1. The molecule has 1 aromatic carbocycles. The highest BCUT2D eigenvalue weighted by molar-refractivity contribution is 7.92.